The molecule has 1 aliphatic rings. The molecule has 0 bridgehead atoms. The second-order valence-electron chi connectivity index (χ2n) is 9.55. The molecular formula is C30H34N4O4. The maximum absolute atomic E-state index is 13.4. The molecule has 1 unspecified atom stereocenters. The van der Waals surface area contributed by atoms with Crippen LogP contribution < -0.4 is 10.5 Å². The predicted molar refractivity (Wildman–Crippen MR) is 149 cm³/mol. The Morgan fingerprint density at radius 3 is 2.34 bits per heavy atom. The first-order chi connectivity index (χ1) is 18.4. The summed E-state index contributed by atoms with van der Waals surface area (Å²) >= 11 is 0. The number of β-amino-alcohol motifs (C(OH)–C–C–N with tert-alkyl or cyclic N) is 1. The van der Waals surface area contributed by atoms with Crippen LogP contribution >= 0.6 is 0 Å². The van der Waals surface area contributed by atoms with Crippen LogP contribution in [0.5, 0.6) is 5.75 Å². The van der Waals surface area contributed by atoms with Crippen molar-refractivity contribution in [3.05, 3.63) is 95.3 Å². The monoisotopic (exact) mass is 514 g/mol. The third-order valence-electron chi connectivity index (χ3n) is 6.46. The minimum atomic E-state index is -1.03. The van der Waals surface area contributed by atoms with Gasteiger partial charge in [-0.15, -0.1) is 0 Å². The van der Waals surface area contributed by atoms with Crippen molar-refractivity contribution in [2.45, 2.75) is 32.5 Å². The van der Waals surface area contributed by atoms with E-state index in [2.05, 4.69) is 48.1 Å². The highest BCUT2D eigenvalue weighted by Gasteiger charge is 2.30. The number of aliphatic hydroxyl groups excluding tert-OH is 2. The van der Waals surface area contributed by atoms with Crippen molar-refractivity contribution in [3.63, 3.8) is 0 Å². The van der Waals surface area contributed by atoms with E-state index in [9.17, 15) is 15.0 Å². The molecule has 1 aliphatic heterocycles. The number of hydrogen-bond acceptors (Lipinski definition) is 7. The lowest BCUT2D eigenvalue weighted by atomic mass is 9.94. The summed E-state index contributed by atoms with van der Waals surface area (Å²) in [6, 6.07) is 19.4. The van der Waals surface area contributed by atoms with Gasteiger partial charge < -0.3 is 25.6 Å². The molecule has 0 saturated heterocycles. The minimum Gasteiger partial charge on any atom is -0.489 e. The maximum Gasteiger partial charge on any atom is 0.272 e. The van der Waals surface area contributed by atoms with Gasteiger partial charge >= 0.3 is 0 Å². The summed E-state index contributed by atoms with van der Waals surface area (Å²) in [6.45, 7) is 5.07. The summed E-state index contributed by atoms with van der Waals surface area (Å²) in [5.74, 6) is 0.820. The number of aliphatic imine (C=N–C) groups is 1. The number of benzene rings is 2. The first kappa shape index (κ1) is 27.0. The fraction of sp³-hybridized carbons (Fsp3) is 0.300. The Morgan fingerprint density at radius 2 is 1.71 bits per heavy atom. The number of pyridine rings is 1. The smallest absolute Gasteiger partial charge is 0.272 e. The number of aromatic nitrogens is 1. The maximum atomic E-state index is 13.4. The number of ether oxygens (including phenoxy) is 1. The Hall–Kier alpha value is -4.01. The molecule has 8 nitrogen and oxygen atoms in total. The molecule has 1 aromatic heterocycles. The highest BCUT2D eigenvalue weighted by Crippen LogP contribution is 2.28. The van der Waals surface area contributed by atoms with Crippen LogP contribution in [0.4, 0.5) is 0 Å². The number of nitrogens with two attached hydrogens (primary N) is 1. The Labute approximate surface area is 223 Å². The topological polar surface area (TPSA) is 121 Å². The lowest BCUT2D eigenvalue weighted by Gasteiger charge is -2.29. The Morgan fingerprint density at radius 1 is 1.03 bits per heavy atom. The van der Waals surface area contributed by atoms with Gasteiger partial charge in [-0.3, -0.25) is 14.8 Å². The van der Waals surface area contributed by atoms with Gasteiger partial charge in [0.2, 0.25) is 0 Å². The van der Waals surface area contributed by atoms with E-state index in [0.717, 1.165) is 5.56 Å². The number of carbonyl (C=O) groups is 1. The molecule has 2 aromatic carbocycles. The van der Waals surface area contributed by atoms with Gasteiger partial charge in [0.15, 0.2) is 0 Å². The zero-order chi connectivity index (χ0) is 27.1. The van der Waals surface area contributed by atoms with Gasteiger partial charge in [0.25, 0.3) is 5.91 Å². The molecule has 4 rings (SSSR count). The zero-order valence-corrected chi connectivity index (χ0v) is 21.7. The number of rotatable bonds is 10. The van der Waals surface area contributed by atoms with Crippen LogP contribution in [0.15, 0.2) is 78.0 Å². The normalized spacial score (nSPS) is 15.2. The first-order valence-electron chi connectivity index (χ1n) is 12.7. The average Bonchev–Trinajstić information content (AvgIpc) is 2.95. The molecular weight excluding hydrogens is 480 g/mol. The molecule has 38 heavy (non-hydrogen) atoms. The summed E-state index contributed by atoms with van der Waals surface area (Å²) in [5, 5.41) is 19.2. The molecule has 0 aliphatic carbocycles. The summed E-state index contributed by atoms with van der Waals surface area (Å²) in [7, 11) is 0. The van der Waals surface area contributed by atoms with E-state index in [4.69, 9.17) is 10.5 Å². The van der Waals surface area contributed by atoms with E-state index in [0.29, 0.717) is 53.8 Å². The van der Waals surface area contributed by atoms with E-state index in [-0.39, 0.29) is 18.2 Å². The lowest BCUT2D eigenvalue weighted by molar-refractivity contribution is -0.126. The van der Waals surface area contributed by atoms with Gasteiger partial charge in [-0.25, -0.2) is 0 Å². The summed E-state index contributed by atoms with van der Waals surface area (Å²) in [6.07, 6.45) is 2.25. The SMILES string of the molecule is CC(C)c1ccc(COc2ccc(C(C3=NCCN(CC(O)CO)C3=O)=C(N)c3ccncc3)cc2)cc1. The third-order valence-corrected chi connectivity index (χ3v) is 6.46. The van der Waals surface area contributed by atoms with Crippen molar-refractivity contribution in [2.24, 2.45) is 10.7 Å². The largest absolute Gasteiger partial charge is 0.489 e. The van der Waals surface area contributed by atoms with Gasteiger partial charge in [0.1, 0.15) is 18.1 Å². The molecule has 0 spiro atoms. The van der Waals surface area contributed by atoms with Gasteiger partial charge in [-0.05, 0) is 46.9 Å². The molecule has 0 fully saturated rings. The minimum absolute atomic E-state index is 0.0156. The third kappa shape index (κ3) is 6.45. The Balaban J connectivity index is 1.60. The molecule has 198 valence electrons. The highest BCUT2D eigenvalue weighted by molar-refractivity contribution is 6.58. The number of amides is 1. The summed E-state index contributed by atoms with van der Waals surface area (Å²) in [4.78, 5) is 23.5. The number of nitrogens with zero attached hydrogens (tertiary/aromatic N) is 3. The first-order valence-corrected chi connectivity index (χ1v) is 12.7. The molecule has 1 amide bonds. The summed E-state index contributed by atoms with van der Waals surface area (Å²) in [5.41, 5.74) is 11.5. The zero-order valence-electron chi connectivity index (χ0n) is 21.7. The Kier molecular flexibility index (Phi) is 8.89. The van der Waals surface area contributed by atoms with Gasteiger partial charge in [-0.2, -0.15) is 0 Å². The van der Waals surface area contributed by atoms with Gasteiger partial charge in [0.05, 0.1) is 19.3 Å². The molecule has 8 heteroatoms. The van der Waals surface area contributed by atoms with E-state index < -0.39 is 12.7 Å². The van der Waals surface area contributed by atoms with Gasteiger partial charge in [-0.1, -0.05) is 50.2 Å². The van der Waals surface area contributed by atoms with E-state index >= 15 is 0 Å². The fourth-order valence-electron chi connectivity index (χ4n) is 4.25. The van der Waals surface area contributed by atoms with Crippen molar-refractivity contribution < 1.29 is 19.7 Å². The van der Waals surface area contributed by atoms with Crippen LogP contribution in [0, 0.1) is 0 Å². The molecule has 3 aromatic rings. The molecule has 2 heterocycles. The second-order valence-corrected chi connectivity index (χ2v) is 9.55. The molecule has 0 radical (unpaired) electrons. The van der Waals surface area contributed by atoms with E-state index in [1.165, 1.54) is 10.5 Å². The number of hydrogen-bond donors (Lipinski definition) is 3. The highest BCUT2D eigenvalue weighted by atomic mass is 16.5. The lowest BCUT2D eigenvalue weighted by Crippen LogP contribution is -2.46. The number of carbonyl (C=O) groups excluding carboxylic acids is 1. The van der Waals surface area contributed by atoms with Crippen molar-refractivity contribution in [3.8, 4) is 5.75 Å². The predicted octanol–water partition coefficient (Wildman–Crippen LogP) is 3.25. The second kappa shape index (κ2) is 12.5. The van der Waals surface area contributed by atoms with Crippen LogP contribution in [0.3, 0.4) is 0 Å². The van der Waals surface area contributed by atoms with Crippen molar-refractivity contribution >= 4 is 22.9 Å². The molecule has 0 saturated carbocycles. The van der Waals surface area contributed by atoms with Crippen LogP contribution in [0.25, 0.3) is 11.3 Å². The standard InChI is InChI=1S/C30H34N4O4/c1-20(2)22-5-3-21(4-6-22)19-38-26-9-7-23(8-10-26)27(28(31)24-11-13-32-14-12-24)29-30(37)34(16-15-33-29)17-25(36)18-35/h3-14,20,25,35-36H,15-19,31H2,1-2H3. The average molecular weight is 515 g/mol. The summed E-state index contributed by atoms with van der Waals surface area (Å²) < 4.78 is 6.00. The van der Waals surface area contributed by atoms with Gasteiger partial charge in [0, 0.05) is 42.3 Å². The van der Waals surface area contributed by atoms with Crippen molar-refractivity contribution in [1.82, 2.24) is 9.88 Å². The van der Waals surface area contributed by atoms with Crippen LogP contribution in [0.1, 0.15) is 42.0 Å². The van der Waals surface area contributed by atoms with E-state index in [1.807, 2.05) is 24.3 Å². The van der Waals surface area contributed by atoms with Crippen molar-refractivity contribution in [2.75, 3.05) is 26.2 Å². The number of aliphatic hydroxyl groups is 2. The van der Waals surface area contributed by atoms with Crippen LogP contribution in [-0.2, 0) is 11.4 Å². The van der Waals surface area contributed by atoms with Crippen molar-refractivity contribution in [1.29, 1.82) is 0 Å². The molecule has 4 N–H and O–H groups in total. The molecule has 1 atom stereocenters. The van der Waals surface area contributed by atoms with E-state index in [1.54, 1.807) is 24.5 Å². The quantitative estimate of drug-likeness (QED) is 0.382. The van der Waals surface area contributed by atoms with Crippen LogP contribution in [0.2, 0.25) is 0 Å². The van der Waals surface area contributed by atoms with Crippen LogP contribution in [-0.4, -0.2) is 64.1 Å². The fourth-order valence-corrected chi connectivity index (χ4v) is 4.25. The Bertz CT molecular complexity index is 1290.